The zero-order valence-corrected chi connectivity index (χ0v) is 8.68. The summed E-state index contributed by atoms with van der Waals surface area (Å²) in [5.41, 5.74) is 0.586. The molecule has 0 radical (unpaired) electrons. The molecule has 0 aromatic heterocycles. The first-order valence-corrected chi connectivity index (χ1v) is 4.68. The van der Waals surface area contributed by atoms with Gasteiger partial charge in [0, 0.05) is 0 Å². The first-order chi connectivity index (χ1) is 7.00. The van der Waals surface area contributed by atoms with E-state index in [2.05, 4.69) is 0 Å². The van der Waals surface area contributed by atoms with Crippen LogP contribution in [0.4, 0.5) is 0 Å². The van der Waals surface area contributed by atoms with Crippen molar-refractivity contribution >= 4 is 18.6 Å². The van der Waals surface area contributed by atoms with Crippen molar-refractivity contribution in [1.29, 1.82) is 0 Å². The molecule has 0 aliphatic carbocycles. The van der Waals surface area contributed by atoms with Gasteiger partial charge >= 0.3 is 13.1 Å². The van der Waals surface area contributed by atoms with E-state index in [1.54, 1.807) is 26.0 Å². The topological polar surface area (TPSA) is 66.8 Å². The van der Waals surface area contributed by atoms with Crippen molar-refractivity contribution in [3.05, 3.63) is 29.8 Å². The maximum atomic E-state index is 11.4. The van der Waals surface area contributed by atoms with Crippen molar-refractivity contribution in [2.24, 2.45) is 0 Å². The number of benzene rings is 1. The predicted octanol–water partition coefficient (Wildman–Crippen LogP) is -0.0684. The zero-order valence-electron chi connectivity index (χ0n) is 8.68. The van der Waals surface area contributed by atoms with Crippen LogP contribution in [0.3, 0.4) is 0 Å². The van der Waals surface area contributed by atoms with E-state index in [1.165, 1.54) is 12.1 Å². The van der Waals surface area contributed by atoms with Crippen LogP contribution in [0.2, 0.25) is 0 Å². The van der Waals surface area contributed by atoms with Crippen molar-refractivity contribution in [3.8, 4) is 0 Å². The Bertz CT molecular complexity index is 349. The summed E-state index contributed by atoms with van der Waals surface area (Å²) in [7, 11) is -1.57. The number of rotatable bonds is 3. The van der Waals surface area contributed by atoms with E-state index < -0.39 is 13.1 Å². The van der Waals surface area contributed by atoms with Crippen LogP contribution in [0.5, 0.6) is 0 Å². The first-order valence-electron chi connectivity index (χ1n) is 4.68. The fraction of sp³-hybridized carbons (Fsp3) is 0.300. The zero-order chi connectivity index (χ0) is 11.4. The molecule has 0 unspecified atom stereocenters. The molecular weight excluding hydrogens is 195 g/mol. The average Bonchev–Trinajstić information content (AvgIpc) is 2.17. The lowest BCUT2D eigenvalue weighted by atomic mass is 9.80. The minimum atomic E-state index is -1.57. The molecule has 5 heteroatoms. The summed E-state index contributed by atoms with van der Waals surface area (Å²) in [6.07, 6.45) is -0.194. The highest BCUT2D eigenvalue weighted by molar-refractivity contribution is 6.58. The maximum absolute atomic E-state index is 11.4. The molecule has 0 aliphatic heterocycles. The average molecular weight is 208 g/mol. The molecule has 0 heterocycles. The number of esters is 1. The van der Waals surface area contributed by atoms with Crippen molar-refractivity contribution < 1.29 is 19.6 Å². The highest BCUT2D eigenvalue weighted by atomic mass is 16.5. The number of hydrogen-bond acceptors (Lipinski definition) is 4. The predicted molar refractivity (Wildman–Crippen MR) is 56.8 cm³/mol. The van der Waals surface area contributed by atoms with Gasteiger partial charge in [0.2, 0.25) is 0 Å². The van der Waals surface area contributed by atoms with Crippen LogP contribution in [0.1, 0.15) is 24.2 Å². The Morgan fingerprint density at radius 3 is 2.60 bits per heavy atom. The van der Waals surface area contributed by atoms with Crippen LogP contribution < -0.4 is 5.46 Å². The van der Waals surface area contributed by atoms with Gasteiger partial charge in [0.25, 0.3) is 0 Å². The highest BCUT2D eigenvalue weighted by Gasteiger charge is 2.14. The maximum Gasteiger partial charge on any atom is 0.488 e. The van der Waals surface area contributed by atoms with Gasteiger partial charge in [0.05, 0.1) is 11.7 Å². The Morgan fingerprint density at radius 2 is 2.07 bits per heavy atom. The smallest absolute Gasteiger partial charge is 0.459 e. The summed E-state index contributed by atoms with van der Waals surface area (Å²) in [6, 6.07) is 6.06. The quantitative estimate of drug-likeness (QED) is 0.539. The van der Waals surface area contributed by atoms with Crippen LogP contribution in [-0.4, -0.2) is 29.2 Å². The molecule has 2 N–H and O–H groups in total. The minimum absolute atomic E-state index is 0.194. The second-order valence-electron chi connectivity index (χ2n) is 3.45. The summed E-state index contributed by atoms with van der Waals surface area (Å²) in [6.45, 7) is 3.51. The largest absolute Gasteiger partial charge is 0.488 e. The third-order valence-corrected chi connectivity index (χ3v) is 1.76. The third kappa shape index (κ3) is 3.38. The summed E-state index contributed by atoms with van der Waals surface area (Å²) in [4.78, 5) is 11.4. The Labute approximate surface area is 88.6 Å². The molecule has 1 aromatic carbocycles. The van der Waals surface area contributed by atoms with E-state index in [4.69, 9.17) is 14.8 Å². The minimum Gasteiger partial charge on any atom is -0.459 e. The molecule has 1 aromatic rings. The first kappa shape index (κ1) is 11.7. The lowest BCUT2D eigenvalue weighted by Gasteiger charge is -2.08. The van der Waals surface area contributed by atoms with Crippen molar-refractivity contribution in [2.75, 3.05) is 0 Å². The standard InChI is InChI=1S/C10H13BO4/c1-7(2)15-10(12)8-4-3-5-9(6-8)11(13)14/h3-7,13-14H,1-2H3. The van der Waals surface area contributed by atoms with Crippen LogP contribution >= 0.6 is 0 Å². The second-order valence-corrected chi connectivity index (χ2v) is 3.45. The number of ether oxygens (including phenoxy) is 1. The summed E-state index contributed by atoms with van der Waals surface area (Å²) in [5, 5.41) is 17.8. The van der Waals surface area contributed by atoms with Crippen LogP contribution in [-0.2, 0) is 4.74 Å². The van der Waals surface area contributed by atoms with E-state index in [0.717, 1.165) is 0 Å². The van der Waals surface area contributed by atoms with Crippen LogP contribution in [0, 0.1) is 0 Å². The lowest BCUT2D eigenvalue weighted by Crippen LogP contribution is -2.30. The molecule has 0 aliphatic rings. The molecule has 0 bridgehead atoms. The van der Waals surface area contributed by atoms with Gasteiger partial charge in [-0.2, -0.15) is 0 Å². The molecule has 0 saturated heterocycles. The normalized spacial score (nSPS) is 10.2. The van der Waals surface area contributed by atoms with E-state index in [9.17, 15) is 4.79 Å². The fourth-order valence-corrected chi connectivity index (χ4v) is 1.11. The SMILES string of the molecule is CC(C)OC(=O)c1cccc(B(O)O)c1. The van der Waals surface area contributed by atoms with Crippen molar-refractivity contribution in [3.63, 3.8) is 0 Å². The molecule has 0 saturated carbocycles. The molecule has 0 fully saturated rings. The van der Waals surface area contributed by atoms with Gasteiger partial charge in [-0.1, -0.05) is 12.1 Å². The molecule has 4 nitrogen and oxygen atoms in total. The molecular formula is C10H13BO4. The number of carbonyl (C=O) groups excluding carboxylic acids is 1. The van der Waals surface area contributed by atoms with Crippen molar-refractivity contribution in [1.82, 2.24) is 0 Å². The molecule has 0 amide bonds. The Morgan fingerprint density at radius 1 is 1.40 bits per heavy atom. The molecule has 80 valence electrons. The highest BCUT2D eigenvalue weighted by Crippen LogP contribution is 2.02. The van der Waals surface area contributed by atoms with E-state index in [0.29, 0.717) is 5.56 Å². The van der Waals surface area contributed by atoms with Gasteiger partial charge in [0.15, 0.2) is 0 Å². The summed E-state index contributed by atoms with van der Waals surface area (Å²) in [5.74, 6) is -0.465. The Balaban J connectivity index is 2.85. The van der Waals surface area contributed by atoms with Gasteiger partial charge < -0.3 is 14.8 Å². The molecule has 0 spiro atoms. The van der Waals surface area contributed by atoms with E-state index >= 15 is 0 Å². The third-order valence-electron chi connectivity index (χ3n) is 1.76. The number of hydrogen-bond donors (Lipinski definition) is 2. The molecule has 15 heavy (non-hydrogen) atoms. The van der Waals surface area contributed by atoms with Gasteiger partial charge in [-0.05, 0) is 31.4 Å². The monoisotopic (exact) mass is 208 g/mol. The van der Waals surface area contributed by atoms with Crippen LogP contribution in [0.15, 0.2) is 24.3 Å². The Kier molecular flexibility index (Phi) is 3.88. The molecule has 0 atom stereocenters. The van der Waals surface area contributed by atoms with Gasteiger partial charge in [0.1, 0.15) is 0 Å². The van der Waals surface area contributed by atoms with Crippen molar-refractivity contribution in [2.45, 2.75) is 20.0 Å². The van der Waals surface area contributed by atoms with E-state index in [1.807, 2.05) is 0 Å². The van der Waals surface area contributed by atoms with Crippen LogP contribution in [0.25, 0.3) is 0 Å². The lowest BCUT2D eigenvalue weighted by molar-refractivity contribution is 0.0378. The molecule has 1 rings (SSSR count). The summed E-state index contributed by atoms with van der Waals surface area (Å²) < 4.78 is 4.97. The second kappa shape index (κ2) is 4.95. The van der Waals surface area contributed by atoms with Gasteiger partial charge in [-0.3, -0.25) is 0 Å². The van der Waals surface area contributed by atoms with Gasteiger partial charge in [-0.25, -0.2) is 4.79 Å². The fourth-order valence-electron chi connectivity index (χ4n) is 1.11. The van der Waals surface area contributed by atoms with E-state index in [-0.39, 0.29) is 11.6 Å². The van der Waals surface area contributed by atoms with Gasteiger partial charge in [-0.15, -0.1) is 0 Å². The Hall–Kier alpha value is -1.33. The summed E-state index contributed by atoms with van der Waals surface area (Å²) >= 11 is 0. The number of carbonyl (C=O) groups is 1.